The number of rotatable bonds is 2. The molecule has 0 saturated carbocycles. The van der Waals surface area contributed by atoms with Gasteiger partial charge in [-0.3, -0.25) is 0 Å². The summed E-state index contributed by atoms with van der Waals surface area (Å²) < 4.78 is 8.91. The van der Waals surface area contributed by atoms with E-state index in [0.29, 0.717) is 0 Å². The van der Waals surface area contributed by atoms with Crippen LogP contribution >= 0.6 is 0 Å². The van der Waals surface area contributed by atoms with Crippen LogP contribution in [0.15, 0.2) is 121 Å². The minimum atomic E-state index is -0.162. The molecule has 210 valence electrons. The Morgan fingerprint density at radius 3 is 2.00 bits per heavy atom. The lowest BCUT2D eigenvalue weighted by atomic mass is 9.30. The van der Waals surface area contributed by atoms with Crippen LogP contribution in [0.2, 0.25) is 0 Å². The largest absolute Gasteiger partial charge is 0.458 e. The van der Waals surface area contributed by atoms with Crippen molar-refractivity contribution in [1.29, 1.82) is 0 Å². The number of nitrogens with zero attached hydrogens (tertiary/aromatic N) is 1. The summed E-state index contributed by atoms with van der Waals surface area (Å²) in [7, 11) is 0. The van der Waals surface area contributed by atoms with Gasteiger partial charge in [0.25, 0.3) is 6.71 Å². The molecule has 9 rings (SSSR count). The van der Waals surface area contributed by atoms with E-state index >= 15 is 0 Å². The Labute approximate surface area is 258 Å². The van der Waals surface area contributed by atoms with E-state index in [1.807, 2.05) is 0 Å². The Hall–Kier alpha value is -5.02. The number of hydrogen-bond acceptors (Lipinski definition) is 1. The topological polar surface area (TPSA) is 14.2 Å². The molecule has 0 bridgehead atoms. The molecule has 0 saturated heterocycles. The molecule has 0 radical (unpaired) electrons. The molecule has 0 fully saturated rings. The molecule has 2 nitrogen and oxygen atoms in total. The van der Waals surface area contributed by atoms with Gasteiger partial charge in [0.2, 0.25) is 0 Å². The van der Waals surface area contributed by atoms with Crippen LogP contribution in [0.4, 0.5) is 0 Å². The van der Waals surface area contributed by atoms with Crippen LogP contribution in [0.1, 0.15) is 36.1 Å². The smallest absolute Gasteiger partial charge is 0.251 e. The summed E-state index contributed by atoms with van der Waals surface area (Å²) in [4.78, 5) is 0. The number of fused-ring (bicyclic) bond motifs is 7. The highest BCUT2D eigenvalue weighted by atomic mass is 16.5. The van der Waals surface area contributed by atoms with Gasteiger partial charge in [0.15, 0.2) is 0 Å². The molecule has 0 spiro atoms. The Morgan fingerprint density at radius 1 is 0.614 bits per heavy atom. The van der Waals surface area contributed by atoms with Gasteiger partial charge < -0.3 is 9.30 Å². The molecule has 3 heterocycles. The molecule has 1 aromatic heterocycles. The second-order valence-corrected chi connectivity index (χ2v) is 13.1. The molecule has 0 amide bonds. The zero-order valence-corrected chi connectivity index (χ0v) is 25.5. The molecule has 2 aliphatic heterocycles. The molecular formula is C41H32BNO. The zero-order valence-electron chi connectivity index (χ0n) is 25.5. The Kier molecular flexibility index (Phi) is 5.21. The average molecular weight is 566 g/mol. The third-order valence-electron chi connectivity index (χ3n) is 10.1. The first-order valence-corrected chi connectivity index (χ1v) is 15.6. The van der Waals surface area contributed by atoms with Gasteiger partial charge in [-0.25, -0.2) is 0 Å². The van der Waals surface area contributed by atoms with E-state index in [1.54, 1.807) is 0 Å². The van der Waals surface area contributed by atoms with Crippen molar-refractivity contribution in [2.75, 3.05) is 0 Å². The summed E-state index contributed by atoms with van der Waals surface area (Å²) in [5.41, 5.74) is 15.3. The van der Waals surface area contributed by atoms with E-state index in [4.69, 9.17) is 4.74 Å². The molecule has 0 atom stereocenters. The van der Waals surface area contributed by atoms with E-state index in [1.165, 1.54) is 77.3 Å². The first-order chi connectivity index (χ1) is 21.4. The van der Waals surface area contributed by atoms with Crippen LogP contribution in [0, 0.1) is 13.8 Å². The van der Waals surface area contributed by atoms with Gasteiger partial charge in [-0.05, 0) is 89.0 Å². The minimum Gasteiger partial charge on any atom is -0.458 e. The number of benzene rings is 6. The van der Waals surface area contributed by atoms with Crippen molar-refractivity contribution in [3.63, 3.8) is 0 Å². The monoisotopic (exact) mass is 565 g/mol. The highest BCUT2D eigenvalue weighted by Crippen LogP contribution is 2.41. The van der Waals surface area contributed by atoms with Crippen molar-refractivity contribution in [1.82, 2.24) is 4.57 Å². The minimum absolute atomic E-state index is 0.162. The summed E-state index contributed by atoms with van der Waals surface area (Å²) in [5.74, 6) is 1.97. The molecule has 3 heteroatoms. The lowest BCUT2D eigenvalue weighted by Gasteiger charge is -2.42. The number of hydrogen-bond donors (Lipinski definition) is 0. The second kappa shape index (κ2) is 9.00. The summed E-state index contributed by atoms with van der Waals surface area (Å²) in [6, 6.07) is 44.6. The lowest BCUT2D eigenvalue weighted by Crippen LogP contribution is -2.62. The van der Waals surface area contributed by atoms with Gasteiger partial charge in [-0.15, -0.1) is 0 Å². The maximum absolute atomic E-state index is 6.53. The molecule has 44 heavy (non-hydrogen) atoms. The third kappa shape index (κ3) is 3.44. The Bertz CT molecular complexity index is 2250. The molecular weight excluding hydrogens is 533 g/mol. The summed E-state index contributed by atoms with van der Waals surface area (Å²) in [5, 5.41) is 2.57. The summed E-state index contributed by atoms with van der Waals surface area (Å²) in [6.07, 6.45) is 0. The number of para-hydroxylation sites is 2. The van der Waals surface area contributed by atoms with Crippen LogP contribution < -0.4 is 21.1 Å². The molecule has 7 aromatic rings. The molecule has 6 aromatic carbocycles. The van der Waals surface area contributed by atoms with Crippen LogP contribution in [0.25, 0.3) is 38.6 Å². The molecule has 0 aliphatic carbocycles. The van der Waals surface area contributed by atoms with Crippen molar-refractivity contribution in [2.45, 2.75) is 33.1 Å². The highest BCUT2D eigenvalue weighted by molar-refractivity contribution is 6.98. The van der Waals surface area contributed by atoms with Crippen molar-refractivity contribution < 1.29 is 4.74 Å². The molecule has 0 N–H and O–H groups in total. The van der Waals surface area contributed by atoms with E-state index in [0.717, 1.165) is 11.5 Å². The predicted molar refractivity (Wildman–Crippen MR) is 185 cm³/mol. The van der Waals surface area contributed by atoms with Crippen molar-refractivity contribution in [3.8, 4) is 28.3 Å². The maximum atomic E-state index is 6.53. The zero-order chi connectivity index (χ0) is 29.7. The quantitative estimate of drug-likeness (QED) is 0.192. The van der Waals surface area contributed by atoms with E-state index in [2.05, 4.69) is 154 Å². The van der Waals surface area contributed by atoms with E-state index in [9.17, 15) is 0 Å². The van der Waals surface area contributed by atoms with Crippen molar-refractivity contribution in [3.05, 3.63) is 144 Å². The highest BCUT2D eigenvalue weighted by Gasteiger charge is 2.45. The fraction of sp³-hybridized carbons (Fsp3) is 0.122. The SMILES string of the molecule is Cc1ccc2c(c1)B1c3ccc(-c4ccc(-n5c6ccccc6c6ccccc65)cc4)cc3C(C)(C)c3c(C)ccc(c31)O2. The van der Waals surface area contributed by atoms with Gasteiger partial charge in [0.1, 0.15) is 11.5 Å². The fourth-order valence-corrected chi connectivity index (χ4v) is 8.17. The predicted octanol–water partition coefficient (Wildman–Crippen LogP) is 8.33. The second-order valence-electron chi connectivity index (χ2n) is 13.1. The average Bonchev–Trinajstić information content (AvgIpc) is 3.38. The van der Waals surface area contributed by atoms with Gasteiger partial charge >= 0.3 is 0 Å². The number of aryl methyl sites for hydroxylation is 2. The first kappa shape index (κ1) is 25.5. The molecule has 2 aliphatic rings. The van der Waals surface area contributed by atoms with E-state index < -0.39 is 0 Å². The molecule has 0 unspecified atom stereocenters. The van der Waals surface area contributed by atoms with Gasteiger partial charge in [0.05, 0.1) is 11.0 Å². The lowest BCUT2D eigenvalue weighted by molar-refractivity contribution is 0.484. The number of ether oxygens (including phenoxy) is 1. The van der Waals surface area contributed by atoms with Crippen molar-refractivity contribution >= 4 is 44.9 Å². The number of aromatic nitrogens is 1. The van der Waals surface area contributed by atoms with E-state index in [-0.39, 0.29) is 12.1 Å². The first-order valence-electron chi connectivity index (χ1n) is 15.6. The maximum Gasteiger partial charge on any atom is 0.251 e. The van der Waals surface area contributed by atoms with Gasteiger partial charge in [-0.2, -0.15) is 0 Å². The van der Waals surface area contributed by atoms with Crippen LogP contribution in [-0.2, 0) is 5.41 Å². The van der Waals surface area contributed by atoms with Crippen LogP contribution in [0.5, 0.6) is 11.5 Å². The third-order valence-corrected chi connectivity index (χ3v) is 10.1. The normalized spacial score (nSPS) is 14.2. The Morgan fingerprint density at radius 2 is 1.27 bits per heavy atom. The van der Waals surface area contributed by atoms with Crippen molar-refractivity contribution in [2.24, 2.45) is 0 Å². The van der Waals surface area contributed by atoms with Crippen LogP contribution in [0.3, 0.4) is 0 Å². The standard InChI is InChI=1S/C41H32BNO/c1-25-13-21-37-34(23-25)42-33-20-17-28(24-32(33)41(3,4)39-26(2)14-22-38(44-37)40(39)42)27-15-18-29(19-16-27)43-35-11-7-5-9-30(35)31-10-6-8-12-36(31)43/h5-24H,1-4H3. The fourth-order valence-electron chi connectivity index (χ4n) is 8.17. The van der Waals surface area contributed by atoms with Crippen LogP contribution in [-0.4, -0.2) is 11.3 Å². The summed E-state index contributed by atoms with van der Waals surface area (Å²) in [6.45, 7) is 9.35. The van der Waals surface area contributed by atoms with Gasteiger partial charge in [0, 0.05) is 21.9 Å². The van der Waals surface area contributed by atoms with Gasteiger partial charge in [-0.1, -0.05) is 110 Å². The summed E-state index contributed by atoms with van der Waals surface area (Å²) >= 11 is 0. The Balaban J connectivity index is 1.19.